The summed E-state index contributed by atoms with van der Waals surface area (Å²) in [6.07, 6.45) is 4.25. The minimum Gasteiger partial charge on any atom is -0.344 e. The van der Waals surface area contributed by atoms with Crippen molar-refractivity contribution in [3.05, 3.63) is 59.4 Å². The Bertz CT molecular complexity index is 744. The Morgan fingerprint density at radius 2 is 1.76 bits per heavy atom. The SMILES string of the molecule is CC(=O)N(CC(=O)N(C)CCc1ccncc1)c1cc(C)ccc1C. The number of aryl methyl sites for hydroxylation is 2. The predicted molar refractivity (Wildman–Crippen MR) is 99.5 cm³/mol. The van der Waals surface area contributed by atoms with E-state index in [1.807, 2.05) is 44.2 Å². The van der Waals surface area contributed by atoms with Gasteiger partial charge in [0.2, 0.25) is 11.8 Å². The zero-order valence-electron chi connectivity index (χ0n) is 15.3. The number of likely N-dealkylation sites (N-methyl/N-ethyl adjacent to an activating group) is 1. The van der Waals surface area contributed by atoms with Gasteiger partial charge in [0.25, 0.3) is 0 Å². The normalized spacial score (nSPS) is 10.4. The van der Waals surface area contributed by atoms with Gasteiger partial charge in [-0.15, -0.1) is 0 Å². The van der Waals surface area contributed by atoms with Crippen molar-refractivity contribution in [2.45, 2.75) is 27.2 Å². The lowest BCUT2D eigenvalue weighted by molar-refractivity contribution is -0.130. The molecule has 0 bridgehead atoms. The molecule has 0 radical (unpaired) electrons. The molecule has 1 heterocycles. The fraction of sp³-hybridized carbons (Fsp3) is 0.350. The summed E-state index contributed by atoms with van der Waals surface area (Å²) in [6.45, 7) is 6.06. The Labute approximate surface area is 149 Å². The summed E-state index contributed by atoms with van der Waals surface area (Å²) in [5.74, 6) is -0.213. The van der Waals surface area contributed by atoms with Crippen LogP contribution in [0.2, 0.25) is 0 Å². The van der Waals surface area contributed by atoms with E-state index in [0.717, 1.165) is 28.8 Å². The molecule has 5 heteroatoms. The molecule has 0 fully saturated rings. The summed E-state index contributed by atoms with van der Waals surface area (Å²) in [6, 6.07) is 9.80. The van der Waals surface area contributed by atoms with Crippen molar-refractivity contribution >= 4 is 17.5 Å². The highest BCUT2D eigenvalue weighted by molar-refractivity contribution is 5.98. The molecule has 25 heavy (non-hydrogen) atoms. The number of aromatic nitrogens is 1. The van der Waals surface area contributed by atoms with Crippen LogP contribution in [0.5, 0.6) is 0 Å². The van der Waals surface area contributed by atoms with Gasteiger partial charge in [0.15, 0.2) is 0 Å². The van der Waals surface area contributed by atoms with Crippen LogP contribution in [-0.4, -0.2) is 41.8 Å². The first-order valence-electron chi connectivity index (χ1n) is 8.36. The zero-order chi connectivity index (χ0) is 18.4. The summed E-state index contributed by atoms with van der Waals surface area (Å²) in [5, 5.41) is 0. The summed E-state index contributed by atoms with van der Waals surface area (Å²) in [7, 11) is 1.77. The lowest BCUT2D eigenvalue weighted by atomic mass is 10.1. The Morgan fingerprint density at radius 1 is 1.08 bits per heavy atom. The molecule has 0 aliphatic rings. The molecular formula is C20H25N3O2. The second-order valence-corrected chi connectivity index (χ2v) is 6.32. The highest BCUT2D eigenvalue weighted by Gasteiger charge is 2.20. The van der Waals surface area contributed by atoms with E-state index in [2.05, 4.69) is 4.98 Å². The molecule has 0 saturated carbocycles. The third-order valence-electron chi connectivity index (χ3n) is 4.24. The Balaban J connectivity index is 2.04. The van der Waals surface area contributed by atoms with Gasteiger partial charge in [-0.1, -0.05) is 12.1 Å². The maximum Gasteiger partial charge on any atom is 0.242 e. The molecule has 0 aliphatic heterocycles. The number of nitrogens with zero attached hydrogens (tertiary/aromatic N) is 3. The molecule has 0 atom stereocenters. The molecule has 2 aromatic rings. The van der Waals surface area contributed by atoms with Crippen LogP contribution >= 0.6 is 0 Å². The van der Waals surface area contributed by atoms with E-state index in [4.69, 9.17) is 0 Å². The van der Waals surface area contributed by atoms with Crippen molar-refractivity contribution in [2.24, 2.45) is 0 Å². The molecule has 0 aliphatic carbocycles. The summed E-state index contributed by atoms with van der Waals surface area (Å²) >= 11 is 0. The van der Waals surface area contributed by atoms with E-state index in [-0.39, 0.29) is 18.4 Å². The fourth-order valence-electron chi connectivity index (χ4n) is 2.60. The highest BCUT2D eigenvalue weighted by Crippen LogP contribution is 2.21. The summed E-state index contributed by atoms with van der Waals surface area (Å²) < 4.78 is 0. The minimum absolute atomic E-state index is 0.0481. The number of carbonyl (C=O) groups excluding carboxylic acids is 2. The van der Waals surface area contributed by atoms with E-state index in [0.29, 0.717) is 6.54 Å². The maximum atomic E-state index is 12.6. The van der Waals surface area contributed by atoms with Crippen LogP contribution in [0.25, 0.3) is 0 Å². The minimum atomic E-state index is -0.135. The Kier molecular flexibility index (Phi) is 6.28. The number of carbonyl (C=O) groups is 2. The molecule has 1 aromatic heterocycles. The van der Waals surface area contributed by atoms with Gasteiger partial charge in [0.05, 0.1) is 0 Å². The maximum absolute atomic E-state index is 12.6. The van der Waals surface area contributed by atoms with Crippen molar-refractivity contribution in [1.29, 1.82) is 0 Å². The van der Waals surface area contributed by atoms with E-state index >= 15 is 0 Å². The van der Waals surface area contributed by atoms with Crippen LogP contribution in [0.15, 0.2) is 42.7 Å². The van der Waals surface area contributed by atoms with Gasteiger partial charge < -0.3 is 9.80 Å². The smallest absolute Gasteiger partial charge is 0.242 e. The van der Waals surface area contributed by atoms with Crippen LogP contribution in [0.3, 0.4) is 0 Å². The summed E-state index contributed by atoms with van der Waals surface area (Å²) in [5.41, 5.74) is 3.97. The molecule has 0 saturated heterocycles. The van der Waals surface area contributed by atoms with Crippen molar-refractivity contribution in [3.8, 4) is 0 Å². The van der Waals surface area contributed by atoms with Gasteiger partial charge in [-0.25, -0.2) is 0 Å². The topological polar surface area (TPSA) is 53.5 Å². The lowest BCUT2D eigenvalue weighted by Crippen LogP contribution is -2.41. The zero-order valence-corrected chi connectivity index (χ0v) is 15.3. The number of pyridine rings is 1. The number of amides is 2. The molecule has 2 amide bonds. The van der Waals surface area contributed by atoms with E-state index in [1.165, 1.54) is 6.92 Å². The number of rotatable bonds is 6. The quantitative estimate of drug-likeness (QED) is 0.813. The predicted octanol–water partition coefficient (Wildman–Crippen LogP) is 2.75. The molecule has 0 spiro atoms. The standard InChI is InChI=1S/C20H25N3O2/c1-15-5-6-16(2)19(13-15)23(17(3)24)14-20(25)22(4)12-9-18-7-10-21-11-8-18/h5-8,10-11,13H,9,12,14H2,1-4H3. The fourth-order valence-corrected chi connectivity index (χ4v) is 2.60. The first kappa shape index (κ1) is 18.6. The van der Waals surface area contributed by atoms with Gasteiger partial charge in [-0.05, 0) is 55.2 Å². The lowest BCUT2D eigenvalue weighted by Gasteiger charge is -2.26. The summed E-state index contributed by atoms with van der Waals surface area (Å²) in [4.78, 5) is 31.9. The molecule has 0 N–H and O–H groups in total. The largest absolute Gasteiger partial charge is 0.344 e. The number of hydrogen-bond donors (Lipinski definition) is 0. The van der Waals surface area contributed by atoms with E-state index < -0.39 is 0 Å². The molecular weight excluding hydrogens is 314 g/mol. The van der Waals surface area contributed by atoms with Crippen LogP contribution in [0.1, 0.15) is 23.6 Å². The van der Waals surface area contributed by atoms with Crippen LogP contribution in [-0.2, 0) is 16.0 Å². The van der Waals surface area contributed by atoms with Gasteiger partial charge >= 0.3 is 0 Å². The Morgan fingerprint density at radius 3 is 2.40 bits per heavy atom. The van der Waals surface area contributed by atoms with E-state index in [1.54, 1.807) is 29.2 Å². The third kappa shape index (κ3) is 5.14. The second-order valence-electron chi connectivity index (χ2n) is 6.32. The van der Waals surface area contributed by atoms with Crippen molar-refractivity contribution in [2.75, 3.05) is 25.0 Å². The average Bonchev–Trinajstić information content (AvgIpc) is 2.60. The third-order valence-corrected chi connectivity index (χ3v) is 4.24. The monoisotopic (exact) mass is 339 g/mol. The van der Waals surface area contributed by atoms with Gasteiger partial charge in [-0.2, -0.15) is 0 Å². The molecule has 5 nitrogen and oxygen atoms in total. The van der Waals surface area contributed by atoms with Crippen molar-refractivity contribution in [3.63, 3.8) is 0 Å². The van der Waals surface area contributed by atoms with Crippen LogP contribution in [0, 0.1) is 13.8 Å². The highest BCUT2D eigenvalue weighted by atomic mass is 16.2. The van der Waals surface area contributed by atoms with Gasteiger partial charge in [0.1, 0.15) is 6.54 Å². The Hall–Kier alpha value is -2.69. The first-order valence-corrected chi connectivity index (χ1v) is 8.36. The molecule has 1 aromatic carbocycles. The van der Waals surface area contributed by atoms with Gasteiger partial charge in [0, 0.05) is 38.6 Å². The van der Waals surface area contributed by atoms with Crippen molar-refractivity contribution < 1.29 is 9.59 Å². The van der Waals surface area contributed by atoms with Crippen molar-refractivity contribution in [1.82, 2.24) is 9.88 Å². The van der Waals surface area contributed by atoms with Crippen LogP contribution < -0.4 is 4.90 Å². The number of benzene rings is 1. The average molecular weight is 339 g/mol. The second kappa shape index (κ2) is 8.42. The molecule has 0 unspecified atom stereocenters. The number of hydrogen-bond acceptors (Lipinski definition) is 3. The first-order chi connectivity index (χ1) is 11.9. The van der Waals surface area contributed by atoms with Crippen LogP contribution in [0.4, 0.5) is 5.69 Å². The number of anilines is 1. The molecule has 132 valence electrons. The molecule has 2 rings (SSSR count). The van der Waals surface area contributed by atoms with Gasteiger partial charge in [-0.3, -0.25) is 14.6 Å². The van der Waals surface area contributed by atoms with E-state index in [9.17, 15) is 9.59 Å².